The third kappa shape index (κ3) is 5.03. The van der Waals surface area contributed by atoms with E-state index in [1.54, 1.807) is 11.8 Å². The van der Waals surface area contributed by atoms with Crippen LogP contribution in [-0.2, 0) is 0 Å². The van der Waals surface area contributed by atoms with Crippen molar-refractivity contribution < 1.29 is 4.79 Å². The Balaban J connectivity index is 1.74. The lowest BCUT2D eigenvalue weighted by Crippen LogP contribution is -2.35. The Bertz CT molecular complexity index is 496. The van der Waals surface area contributed by atoms with Gasteiger partial charge in [0.05, 0.1) is 0 Å². The van der Waals surface area contributed by atoms with Gasteiger partial charge in [0.15, 0.2) is 0 Å². The molecule has 0 unspecified atom stereocenters. The molecule has 0 atom stereocenters. The summed E-state index contributed by atoms with van der Waals surface area (Å²) in [6.07, 6.45) is 5.69. The van der Waals surface area contributed by atoms with Crippen LogP contribution in [0, 0.1) is 12.8 Å². The number of rotatable bonds is 6. The normalized spacial score (nSPS) is 16.7. The molecule has 1 aromatic carbocycles. The molecule has 1 aliphatic rings. The van der Waals surface area contributed by atoms with Crippen molar-refractivity contribution in [2.24, 2.45) is 5.92 Å². The fourth-order valence-electron chi connectivity index (χ4n) is 2.86. The molecule has 1 aliphatic heterocycles. The zero-order chi connectivity index (χ0) is 15.9. The quantitative estimate of drug-likeness (QED) is 0.642. The average Bonchev–Trinajstić information content (AvgIpc) is 2.53. The number of likely N-dealkylation sites (tertiary alicyclic amines) is 1. The summed E-state index contributed by atoms with van der Waals surface area (Å²) in [5.41, 5.74) is 1.85. The van der Waals surface area contributed by atoms with E-state index in [-0.39, 0.29) is 5.91 Å². The lowest BCUT2D eigenvalue weighted by atomic mass is 9.99. The Hall–Kier alpha value is -1.00. The molecule has 0 spiro atoms. The van der Waals surface area contributed by atoms with Gasteiger partial charge in [0.2, 0.25) is 0 Å². The van der Waals surface area contributed by atoms with E-state index < -0.39 is 0 Å². The van der Waals surface area contributed by atoms with Crippen LogP contribution in [0.2, 0.25) is 0 Å². The molecular weight excluding hydrogens is 292 g/mol. The van der Waals surface area contributed by atoms with E-state index in [2.05, 4.69) is 23.2 Å². The molecule has 4 heteroatoms. The highest BCUT2D eigenvalue weighted by Gasteiger charge is 2.15. The van der Waals surface area contributed by atoms with Crippen molar-refractivity contribution in [3.63, 3.8) is 0 Å². The van der Waals surface area contributed by atoms with Crippen molar-refractivity contribution in [2.75, 3.05) is 32.4 Å². The maximum atomic E-state index is 12.3. The van der Waals surface area contributed by atoms with Crippen LogP contribution < -0.4 is 5.32 Å². The maximum Gasteiger partial charge on any atom is 0.251 e. The standard InChI is InChI=1S/C18H28N2OS/c1-14-7-11-20(12-8-14)10-4-9-19-18(21)17-13-16(22-3)6-5-15(17)2/h5-6,13-14H,4,7-12H2,1-3H3,(H,19,21). The number of thioether (sulfide) groups is 1. The molecular formula is C18H28N2OS. The molecule has 1 aromatic rings. The van der Waals surface area contributed by atoms with E-state index in [4.69, 9.17) is 0 Å². The fraction of sp³-hybridized carbons (Fsp3) is 0.611. The molecule has 0 aromatic heterocycles. The largest absolute Gasteiger partial charge is 0.352 e. The Kier molecular flexibility index (Phi) is 6.77. The number of hydrogen-bond donors (Lipinski definition) is 1. The minimum Gasteiger partial charge on any atom is -0.352 e. The predicted molar refractivity (Wildman–Crippen MR) is 94.7 cm³/mol. The van der Waals surface area contributed by atoms with Crippen molar-refractivity contribution in [3.8, 4) is 0 Å². The van der Waals surface area contributed by atoms with Gasteiger partial charge in [-0.1, -0.05) is 13.0 Å². The summed E-state index contributed by atoms with van der Waals surface area (Å²) in [7, 11) is 0. The van der Waals surface area contributed by atoms with Gasteiger partial charge in [-0.2, -0.15) is 0 Å². The van der Waals surface area contributed by atoms with Crippen molar-refractivity contribution >= 4 is 17.7 Å². The summed E-state index contributed by atoms with van der Waals surface area (Å²) in [6, 6.07) is 6.07. The molecule has 22 heavy (non-hydrogen) atoms. The van der Waals surface area contributed by atoms with E-state index in [1.165, 1.54) is 25.9 Å². The zero-order valence-electron chi connectivity index (χ0n) is 14.0. The van der Waals surface area contributed by atoms with Crippen molar-refractivity contribution in [2.45, 2.75) is 38.0 Å². The minimum atomic E-state index is 0.0562. The number of carbonyl (C=O) groups excluding carboxylic acids is 1. The second kappa shape index (κ2) is 8.59. The van der Waals surface area contributed by atoms with E-state index in [9.17, 15) is 4.79 Å². The molecule has 2 rings (SSSR count). The third-order valence-corrected chi connectivity index (χ3v) is 5.23. The summed E-state index contributed by atoms with van der Waals surface area (Å²) >= 11 is 1.67. The molecule has 1 heterocycles. The van der Waals surface area contributed by atoms with Crippen LogP contribution in [0.5, 0.6) is 0 Å². The molecule has 1 amide bonds. The SMILES string of the molecule is CSc1ccc(C)c(C(=O)NCCCN2CCC(C)CC2)c1. The minimum absolute atomic E-state index is 0.0562. The number of carbonyl (C=O) groups is 1. The van der Waals surface area contributed by atoms with Gasteiger partial charge in [-0.25, -0.2) is 0 Å². The molecule has 0 radical (unpaired) electrons. The molecule has 0 saturated carbocycles. The van der Waals surface area contributed by atoms with Crippen molar-refractivity contribution in [3.05, 3.63) is 29.3 Å². The van der Waals surface area contributed by atoms with E-state index >= 15 is 0 Å². The van der Waals surface area contributed by atoms with E-state index in [0.29, 0.717) is 0 Å². The topological polar surface area (TPSA) is 32.3 Å². The van der Waals surface area contributed by atoms with Gasteiger partial charge < -0.3 is 10.2 Å². The maximum absolute atomic E-state index is 12.3. The first-order valence-electron chi connectivity index (χ1n) is 8.25. The third-order valence-electron chi connectivity index (χ3n) is 4.50. The Morgan fingerprint density at radius 1 is 1.36 bits per heavy atom. The number of amides is 1. The lowest BCUT2D eigenvalue weighted by Gasteiger charge is -2.30. The highest BCUT2D eigenvalue weighted by atomic mass is 32.2. The average molecular weight is 321 g/mol. The van der Waals surface area contributed by atoms with Gasteiger partial charge in [0, 0.05) is 17.0 Å². The second-order valence-corrected chi connectivity index (χ2v) is 7.19. The number of nitrogens with one attached hydrogen (secondary N) is 1. The lowest BCUT2D eigenvalue weighted by molar-refractivity contribution is 0.0949. The van der Waals surface area contributed by atoms with Crippen molar-refractivity contribution in [1.82, 2.24) is 10.2 Å². The number of aryl methyl sites for hydroxylation is 1. The van der Waals surface area contributed by atoms with Crippen LogP contribution in [0.4, 0.5) is 0 Å². The molecule has 0 aliphatic carbocycles. The van der Waals surface area contributed by atoms with Gasteiger partial charge in [-0.3, -0.25) is 4.79 Å². The van der Waals surface area contributed by atoms with Gasteiger partial charge in [0.1, 0.15) is 0 Å². The highest BCUT2D eigenvalue weighted by molar-refractivity contribution is 7.98. The fourth-order valence-corrected chi connectivity index (χ4v) is 3.30. The molecule has 1 saturated heterocycles. The van der Waals surface area contributed by atoms with Gasteiger partial charge in [-0.05, 0) is 75.7 Å². The number of benzene rings is 1. The van der Waals surface area contributed by atoms with Crippen LogP contribution in [0.1, 0.15) is 42.1 Å². The molecule has 122 valence electrons. The number of piperidine rings is 1. The predicted octanol–water partition coefficient (Wildman–Crippen LogP) is 3.57. The summed E-state index contributed by atoms with van der Waals surface area (Å²) in [6.45, 7) is 8.61. The first-order chi connectivity index (χ1) is 10.6. The van der Waals surface area contributed by atoms with Gasteiger partial charge in [0.25, 0.3) is 5.91 Å². The van der Waals surface area contributed by atoms with Gasteiger partial charge in [-0.15, -0.1) is 11.8 Å². The number of nitrogens with zero attached hydrogens (tertiary/aromatic N) is 1. The van der Waals surface area contributed by atoms with Crippen LogP contribution in [0.3, 0.4) is 0 Å². The first kappa shape index (κ1) is 17.4. The Labute approximate surface area is 138 Å². The van der Waals surface area contributed by atoms with E-state index in [0.717, 1.165) is 41.5 Å². The van der Waals surface area contributed by atoms with Crippen LogP contribution >= 0.6 is 11.8 Å². The highest BCUT2D eigenvalue weighted by Crippen LogP contribution is 2.19. The molecule has 1 N–H and O–H groups in total. The summed E-state index contributed by atoms with van der Waals surface area (Å²) < 4.78 is 0. The van der Waals surface area contributed by atoms with Crippen LogP contribution in [0.15, 0.2) is 23.1 Å². The molecule has 0 bridgehead atoms. The van der Waals surface area contributed by atoms with Crippen molar-refractivity contribution in [1.29, 1.82) is 0 Å². The second-order valence-electron chi connectivity index (χ2n) is 6.31. The number of hydrogen-bond acceptors (Lipinski definition) is 3. The first-order valence-corrected chi connectivity index (χ1v) is 9.48. The van der Waals surface area contributed by atoms with E-state index in [1.807, 2.05) is 25.3 Å². The Morgan fingerprint density at radius 3 is 2.77 bits per heavy atom. The summed E-state index contributed by atoms with van der Waals surface area (Å²) in [5.74, 6) is 0.934. The molecule has 1 fully saturated rings. The monoisotopic (exact) mass is 320 g/mol. The van der Waals surface area contributed by atoms with Crippen LogP contribution in [-0.4, -0.2) is 43.2 Å². The summed E-state index contributed by atoms with van der Waals surface area (Å²) in [5, 5.41) is 3.06. The van der Waals surface area contributed by atoms with Gasteiger partial charge >= 0.3 is 0 Å². The Morgan fingerprint density at radius 2 is 2.09 bits per heavy atom. The molecule has 3 nitrogen and oxygen atoms in total. The van der Waals surface area contributed by atoms with Crippen LogP contribution in [0.25, 0.3) is 0 Å². The smallest absolute Gasteiger partial charge is 0.251 e. The summed E-state index contributed by atoms with van der Waals surface area (Å²) in [4.78, 5) is 16.0. The zero-order valence-corrected chi connectivity index (χ0v) is 14.8.